The zero-order valence-electron chi connectivity index (χ0n) is 16.9. The molecule has 160 valence electrons. The predicted octanol–water partition coefficient (Wildman–Crippen LogP) is 6.01. The highest BCUT2D eigenvalue weighted by Crippen LogP contribution is 2.30. The van der Waals surface area contributed by atoms with Crippen LogP contribution in [0, 0.1) is 5.82 Å². The maximum absolute atomic E-state index is 13.2. The average molecular weight is 450 g/mol. The van der Waals surface area contributed by atoms with Crippen LogP contribution in [-0.2, 0) is 4.79 Å². The van der Waals surface area contributed by atoms with E-state index in [4.69, 9.17) is 16.0 Å². The number of carbonyl (C=O) groups is 2. The highest BCUT2D eigenvalue weighted by molar-refractivity contribution is 6.34. The summed E-state index contributed by atoms with van der Waals surface area (Å²) in [6.07, 6.45) is 1.53. The van der Waals surface area contributed by atoms with Gasteiger partial charge in [0.1, 0.15) is 5.82 Å². The Balaban J connectivity index is 1.59. The Kier molecular flexibility index (Phi) is 6.00. The van der Waals surface area contributed by atoms with E-state index in [-0.39, 0.29) is 23.5 Å². The van der Waals surface area contributed by atoms with E-state index < -0.39 is 0 Å². The fraction of sp³-hybridized carbons (Fsp3) is 0.0417. The Labute approximate surface area is 188 Å². The zero-order valence-corrected chi connectivity index (χ0v) is 17.6. The third kappa shape index (κ3) is 4.68. The van der Waals surface area contributed by atoms with Gasteiger partial charge in [-0.3, -0.25) is 9.59 Å². The summed E-state index contributed by atoms with van der Waals surface area (Å²) in [7, 11) is 0. The molecule has 4 rings (SSSR count). The summed E-state index contributed by atoms with van der Waals surface area (Å²) in [6, 6.07) is 17.5. The molecule has 32 heavy (non-hydrogen) atoms. The van der Waals surface area contributed by atoms with Crippen molar-refractivity contribution in [3.8, 4) is 22.8 Å². The van der Waals surface area contributed by atoms with E-state index in [0.717, 1.165) is 0 Å². The number of hydrogen-bond acceptors (Lipinski definition) is 4. The number of nitrogens with one attached hydrogen (secondary N) is 2. The van der Waals surface area contributed by atoms with Crippen LogP contribution in [0.1, 0.15) is 17.3 Å². The summed E-state index contributed by atoms with van der Waals surface area (Å²) in [5, 5.41) is 5.69. The van der Waals surface area contributed by atoms with Crippen molar-refractivity contribution >= 4 is 34.8 Å². The van der Waals surface area contributed by atoms with Crippen LogP contribution in [0.4, 0.5) is 15.8 Å². The van der Waals surface area contributed by atoms with Crippen LogP contribution in [0.15, 0.2) is 77.3 Å². The molecule has 2 N–H and O–H groups in total. The molecule has 0 atom stereocenters. The van der Waals surface area contributed by atoms with Gasteiger partial charge in [0.15, 0.2) is 5.76 Å². The Bertz CT molecular complexity index is 1300. The van der Waals surface area contributed by atoms with Gasteiger partial charge in [-0.15, -0.1) is 0 Å². The summed E-state index contributed by atoms with van der Waals surface area (Å²) < 4.78 is 19.0. The zero-order chi connectivity index (χ0) is 22.7. The highest BCUT2D eigenvalue weighted by atomic mass is 35.5. The van der Waals surface area contributed by atoms with Gasteiger partial charge in [0, 0.05) is 23.7 Å². The van der Waals surface area contributed by atoms with Gasteiger partial charge < -0.3 is 15.1 Å². The molecule has 8 heteroatoms. The maximum atomic E-state index is 13.2. The second kappa shape index (κ2) is 9.03. The molecule has 0 fully saturated rings. The molecule has 0 aliphatic rings. The first-order valence-electron chi connectivity index (χ1n) is 9.60. The maximum Gasteiger partial charge on any atom is 0.256 e. The molecule has 1 heterocycles. The van der Waals surface area contributed by atoms with Gasteiger partial charge in [-0.05, 0) is 54.6 Å². The van der Waals surface area contributed by atoms with Gasteiger partial charge >= 0.3 is 0 Å². The van der Waals surface area contributed by atoms with Crippen LogP contribution in [0.5, 0.6) is 0 Å². The van der Waals surface area contributed by atoms with E-state index in [1.54, 1.807) is 54.6 Å². The Morgan fingerprint density at radius 3 is 2.47 bits per heavy atom. The molecular formula is C24H17ClFN3O3. The van der Waals surface area contributed by atoms with Crippen molar-refractivity contribution < 1.29 is 18.4 Å². The molecule has 0 unspecified atom stereocenters. The van der Waals surface area contributed by atoms with Crippen molar-refractivity contribution in [3.05, 3.63) is 89.3 Å². The van der Waals surface area contributed by atoms with Crippen molar-refractivity contribution in [2.45, 2.75) is 6.92 Å². The quantitative estimate of drug-likeness (QED) is 0.390. The topological polar surface area (TPSA) is 84.2 Å². The summed E-state index contributed by atoms with van der Waals surface area (Å²) >= 11 is 6.19. The SMILES string of the molecule is CC(=O)Nc1ccc(NC(=O)c2ccccc2-c2ncc(-c3ccc(F)cc3)o2)cc1Cl. The van der Waals surface area contributed by atoms with Crippen LogP contribution >= 0.6 is 11.6 Å². The van der Waals surface area contributed by atoms with E-state index in [0.29, 0.717) is 38.8 Å². The Morgan fingerprint density at radius 1 is 1.00 bits per heavy atom. The van der Waals surface area contributed by atoms with Gasteiger partial charge in [-0.1, -0.05) is 23.7 Å². The monoisotopic (exact) mass is 449 g/mol. The number of amides is 2. The third-order valence-electron chi connectivity index (χ3n) is 4.57. The molecule has 1 aromatic heterocycles. The number of nitrogens with zero attached hydrogens (tertiary/aromatic N) is 1. The molecule has 0 radical (unpaired) electrons. The third-order valence-corrected chi connectivity index (χ3v) is 4.89. The van der Waals surface area contributed by atoms with E-state index in [1.165, 1.54) is 25.3 Å². The highest BCUT2D eigenvalue weighted by Gasteiger charge is 2.17. The molecule has 0 aliphatic carbocycles. The lowest BCUT2D eigenvalue weighted by atomic mass is 10.1. The summed E-state index contributed by atoms with van der Waals surface area (Å²) in [5.41, 5.74) is 2.43. The van der Waals surface area contributed by atoms with Crippen LogP contribution in [0.3, 0.4) is 0 Å². The second-order valence-corrected chi connectivity index (χ2v) is 7.32. The molecule has 0 saturated heterocycles. The van der Waals surface area contributed by atoms with Gasteiger partial charge in [-0.25, -0.2) is 9.37 Å². The van der Waals surface area contributed by atoms with E-state index >= 15 is 0 Å². The lowest BCUT2D eigenvalue weighted by Gasteiger charge is -2.10. The number of rotatable bonds is 5. The first-order valence-corrected chi connectivity index (χ1v) is 9.98. The molecule has 0 aliphatic heterocycles. The molecule has 0 bridgehead atoms. The number of hydrogen-bond donors (Lipinski definition) is 2. The summed E-state index contributed by atoms with van der Waals surface area (Å²) in [5.74, 6) is -0.264. The minimum atomic E-state index is -0.384. The molecule has 3 aromatic carbocycles. The van der Waals surface area contributed by atoms with Crippen molar-refractivity contribution in [2.75, 3.05) is 10.6 Å². The Hall–Kier alpha value is -3.97. The number of anilines is 2. The number of benzene rings is 3. The van der Waals surface area contributed by atoms with Crippen molar-refractivity contribution in [1.29, 1.82) is 0 Å². The first-order chi connectivity index (χ1) is 15.4. The number of aromatic nitrogens is 1. The number of oxazole rings is 1. The van der Waals surface area contributed by atoms with Crippen LogP contribution < -0.4 is 10.6 Å². The largest absolute Gasteiger partial charge is 0.436 e. The Morgan fingerprint density at radius 2 is 1.75 bits per heavy atom. The minimum absolute atomic E-state index is 0.247. The van der Waals surface area contributed by atoms with E-state index in [2.05, 4.69) is 15.6 Å². The number of carbonyl (C=O) groups excluding carboxylic acids is 2. The molecule has 0 spiro atoms. The van der Waals surface area contributed by atoms with Crippen molar-refractivity contribution in [2.24, 2.45) is 0 Å². The normalized spacial score (nSPS) is 10.6. The summed E-state index contributed by atoms with van der Waals surface area (Å²) in [4.78, 5) is 28.5. The molecule has 0 saturated carbocycles. The molecule has 6 nitrogen and oxygen atoms in total. The molecular weight excluding hydrogens is 433 g/mol. The van der Waals surface area contributed by atoms with Crippen LogP contribution in [-0.4, -0.2) is 16.8 Å². The second-order valence-electron chi connectivity index (χ2n) is 6.91. The smallest absolute Gasteiger partial charge is 0.256 e. The van der Waals surface area contributed by atoms with Gasteiger partial charge in [-0.2, -0.15) is 0 Å². The van der Waals surface area contributed by atoms with Gasteiger partial charge in [0.2, 0.25) is 11.8 Å². The lowest BCUT2D eigenvalue weighted by Crippen LogP contribution is -2.13. The molecule has 4 aromatic rings. The van der Waals surface area contributed by atoms with Crippen LogP contribution in [0.2, 0.25) is 5.02 Å². The van der Waals surface area contributed by atoms with Gasteiger partial charge in [0.05, 0.1) is 22.5 Å². The van der Waals surface area contributed by atoms with E-state index in [9.17, 15) is 14.0 Å². The standard InChI is InChI=1S/C24H17ClFN3O3/c1-14(30)28-21-11-10-17(12-20(21)25)29-23(31)18-4-2-3-5-19(18)24-27-13-22(32-24)15-6-8-16(26)9-7-15/h2-13H,1H3,(H,28,30)(H,29,31). The minimum Gasteiger partial charge on any atom is -0.436 e. The van der Waals surface area contributed by atoms with E-state index in [1.807, 2.05) is 0 Å². The number of halogens is 2. The van der Waals surface area contributed by atoms with Crippen molar-refractivity contribution in [3.63, 3.8) is 0 Å². The first kappa shape index (κ1) is 21.3. The fourth-order valence-corrected chi connectivity index (χ4v) is 3.32. The van der Waals surface area contributed by atoms with Crippen molar-refractivity contribution in [1.82, 2.24) is 4.98 Å². The molecule has 2 amide bonds. The summed E-state index contributed by atoms with van der Waals surface area (Å²) in [6.45, 7) is 1.38. The average Bonchev–Trinajstić information content (AvgIpc) is 3.26. The fourth-order valence-electron chi connectivity index (χ4n) is 3.10. The predicted molar refractivity (Wildman–Crippen MR) is 121 cm³/mol. The van der Waals surface area contributed by atoms with Gasteiger partial charge in [0.25, 0.3) is 5.91 Å². The lowest BCUT2D eigenvalue weighted by molar-refractivity contribution is -0.114. The van der Waals surface area contributed by atoms with Crippen LogP contribution in [0.25, 0.3) is 22.8 Å².